The van der Waals surface area contributed by atoms with Crippen LogP contribution in [0.4, 0.5) is 18.9 Å². The summed E-state index contributed by atoms with van der Waals surface area (Å²) in [6.45, 7) is -0.0789. The topological polar surface area (TPSA) is 94.2 Å². The molecule has 0 aliphatic rings. The van der Waals surface area contributed by atoms with Crippen LogP contribution in [0.15, 0.2) is 23.1 Å². The summed E-state index contributed by atoms with van der Waals surface area (Å²) < 4.78 is 36.7. The number of aromatic nitrogens is 1. The van der Waals surface area contributed by atoms with Gasteiger partial charge < -0.3 is 9.88 Å². The first-order valence-corrected chi connectivity index (χ1v) is 5.91. The van der Waals surface area contributed by atoms with Crippen LogP contribution >= 0.6 is 0 Å². The van der Waals surface area contributed by atoms with Gasteiger partial charge in [-0.1, -0.05) is 0 Å². The molecule has 0 bridgehead atoms. The first-order chi connectivity index (χ1) is 9.71. The minimum Gasteiger partial charge on any atom is -0.348 e. The first kappa shape index (κ1) is 16.7. The Kier molecular flexibility index (Phi) is 5.44. The van der Waals surface area contributed by atoms with Crippen LogP contribution in [0, 0.1) is 10.1 Å². The molecule has 0 fully saturated rings. The molecule has 10 heteroatoms. The third kappa shape index (κ3) is 5.24. The van der Waals surface area contributed by atoms with E-state index in [1.807, 2.05) is 0 Å². The van der Waals surface area contributed by atoms with Gasteiger partial charge in [0.15, 0.2) is 0 Å². The Hall–Kier alpha value is -2.39. The summed E-state index contributed by atoms with van der Waals surface area (Å²) in [5, 5.41) is 12.2. The van der Waals surface area contributed by atoms with Gasteiger partial charge in [-0.05, 0) is 12.8 Å². The molecule has 0 aliphatic heterocycles. The van der Waals surface area contributed by atoms with Gasteiger partial charge >= 0.3 is 12.1 Å². The molecular weight excluding hydrogens is 295 g/mol. The highest BCUT2D eigenvalue weighted by Crippen LogP contribution is 2.14. The van der Waals surface area contributed by atoms with Crippen LogP contribution in [0.3, 0.4) is 0 Å². The second kappa shape index (κ2) is 6.86. The van der Waals surface area contributed by atoms with E-state index in [1.54, 1.807) is 5.32 Å². The number of pyridine rings is 1. The van der Waals surface area contributed by atoms with E-state index in [4.69, 9.17) is 0 Å². The number of carbonyl (C=O) groups excluding carboxylic acids is 1. The van der Waals surface area contributed by atoms with Crippen LogP contribution in [0.1, 0.15) is 12.8 Å². The average molecular weight is 307 g/mol. The van der Waals surface area contributed by atoms with Gasteiger partial charge in [-0.2, -0.15) is 13.2 Å². The zero-order valence-electron chi connectivity index (χ0n) is 10.7. The van der Waals surface area contributed by atoms with Crippen LogP contribution in [0.5, 0.6) is 0 Å². The van der Waals surface area contributed by atoms with Crippen LogP contribution in [-0.4, -0.2) is 28.1 Å². The van der Waals surface area contributed by atoms with Crippen molar-refractivity contribution < 1.29 is 22.9 Å². The molecule has 1 N–H and O–H groups in total. The monoisotopic (exact) mass is 307 g/mol. The predicted octanol–water partition coefficient (Wildman–Crippen LogP) is 1.22. The molecule has 1 amide bonds. The maximum Gasteiger partial charge on any atom is 0.471 e. The summed E-state index contributed by atoms with van der Waals surface area (Å²) >= 11 is 0. The lowest BCUT2D eigenvalue weighted by atomic mass is 10.3. The molecule has 0 radical (unpaired) electrons. The largest absolute Gasteiger partial charge is 0.471 e. The zero-order chi connectivity index (χ0) is 16.0. The average Bonchev–Trinajstić information content (AvgIpc) is 2.38. The molecule has 7 nitrogen and oxygen atoms in total. The molecule has 21 heavy (non-hydrogen) atoms. The Bertz CT molecular complexity index is 583. The summed E-state index contributed by atoms with van der Waals surface area (Å²) in [5.74, 6) is -2.02. The summed E-state index contributed by atoms with van der Waals surface area (Å²) in [5.41, 5.74) is -0.695. The third-order valence-corrected chi connectivity index (χ3v) is 2.55. The van der Waals surface area contributed by atoms with Crippen molar-refractivity contribution in [1.82, 2.24) is 9.88 Å². The summed E-state index contributed by atoms with van der Waals surface area (Å²) in [4.78, 5) is 31.8. The molecule has 0 saturated heterocycles. The van der Waals surface area contributed by atoms with Crippen molar-refractivity contribution in [2.24, 2.45) is 0 Å². The van der Waals surface area contributed by atoms with Gasteiger partial charge in [-0.25, -0.2) is 0 Å². The normalized spacial score (nSPS) is 11.2. The van der Waals surface area contributed by atoms with Gasteiger partial charge in [0.1, 0.15) is 0 Å². The van der Waals surface area contributed by atoms with Crippen molar-refractivity contribution in [3.8, 4) is 0 Å². The van der Waals surface area contributed by atoms with Gasteiger partial charge in [-0.3, -0.25) is 19.7 Å². The molecular formula is C11H12F3N3O4. The predicted molar refractivity (Wildman–Crippen MR) is 65.7 cm³/mol. The molecule has 1 aromatic heterocycles. The Labute approximate surface area is 116 Å². The maximum absolute atomic E-state index is 11.9. The number of alkyl halides is 3. The molecule has 0 unspecified atom stereocenters. The number of amides is 1. The minimum absolute atomic E-state index is 0.113. The molecule has 0 saturated carbocycles. The van der Waals surface area contributed by atoms with E-state index in [2.05, 4.69) is 0 Å². The number of rotatable bonds is 6. The number of hydrogen-bond donors (Lipinski definition) is 1. The van der Waals surface area contributed by atoms with E-state index in [-0.39, 0.29) is 25.2 Å². The van der Waals surface area contributed by atoms with Gasteiger partial charge in [0.25, 0.3) is 11.2 Å². The SMILES string of the molecule is O=C(NCCCCn1cc([N+](=O)[O-])ccc1=O)C(F)(F)F. The number of halogens is 3. The molecule has 0 aliphatic carbocycles. The van der Waals surface area contributed by atoms with Crippen LogP contribution < -0.4 is 10.9 Å². The van der Waals surface area contributed by atoms with Gasteiger partial charge in [-0.15, -0.1) is 0 Å². The third-order valence-electron chi connectivity index (χ3n) is 2.55. The summed E-state index contributed by atoms with van der Waals surface area (Å²) in [7, 11) is 0. The quantitative estimate of drug-likeness (QED) is 0.485. The molecule has 1 aromatic rings. The van der Waals surface area contributed by atoms with E-state index in [0.29, 0.717) is 6.42 Å². The second-order valence-electron chi connectivity index (χ2n) is 4.14. The number of nitrogens with zero attached hydrogens (tertiary/aromatic N) is 2. The van der Waals surface area contributed by atoms with Crippen molar-refractivity contribution in [3.05, 3.63) is 38.8 Å². The van der Waals surface area contributed by atoms with Crippen molar-refractivity contribution in [2.45, 2.75) is 25.6 Å². The molecule has 0 atom stereocenters. The van der Waals surface area contributed by atoms with Crippen molar-refractivity contribution in [1.29, 1.82) is 0 Å². The highest BCUT2D eigenvalue weighted by molar-refractivity contribution is 5.81. The van der Waals surface area contributed by atoms with Gasteiger partial charge in [0, 0.05) is 25.2 Å². The van der Waals surface area contributed by atoms with Crippen molar-refractivity contribution in [3.63, 3.8) is 0 Å². The van der Waals surface area contributed by atoms with Crippen LogP contribution in [0.25, 0.3) is 0 Å². The molecule has 1 heterocycles. The summed E-state index contributed by atoms with van der Waals surface area (Å²) in [6, 6.07) is 2.12. The van der Waals surface area contributed by atoms with E-state index in [9.17, 15) is 32.9 Å². The Balaban J connectivity index is 2.43. The molecule has 0 aromatic carbocycles. The van der Waals surface area contributed by atoms with Gasteiger partial charge in [0.05, 0.1) is 11.1 Å². The lowest BCUT2D eigenvalue weighted by Gasteiger charge is -2.08. The fourth-order valence-electron chi connectivity index (χ4n) is 1.51. The Morgan fingerprint density at radius 1 is 1.33 bits per heavy atom. The summed E-state index contributed by atoms with van der Waals surface area (Å²) in [6.07, 6.45) is -3.36. The minimum atomic E-state index is -4.92. The van der Waals surface area contributed by atoms with Crippen molar-refractivity contribution in [2.75, 3.05) is 6.54 Å². The lowest BCUT2D eigenvalue weighted by Crippen LogP contribution is -2.37. The maximum atomic E-state index is 11.9. The number of hydrogen-bond acceptors (Lipinski definition) is 4. The van der Waals surface area contributed by atoms with Gasteiger partial charge in [0.2, 0.25) is 0 Å². The zero-order valence-corrected chi connectivity index (χ0v) is 10.7. The second-order valence-corrected chi connectivity index (χ2v) is 4.14. The number of nitro groups is 1. The first-order valence-electron chi connectivity index (χ1n) is 5.91. The molecule has 0 spiro atoms. The molecule has 1 rings (SSSR count). The Morgan fingerprint density at radius 3 is 2.57 bits per heavy atom. The number of carbonyl (C=O) groups is 1. The smallest absolute Gasteiger partial charge is 0.348 e. The number of unbranched alkanes of at least 4 members (excludes halogenated alkanes) is 1. The fraction of sp³-hybridized carbons (Fsp3) is 0.455. The van der Waals surface area contributed by atoms with E-state index < -0.39 is 22.6 Å². The lowest BCUT2D eigenvalue weighted by molar-refractivity contribution is -0.385. The van der Waals surface area contributed by atoms with Crippen molar-refractivity contribution >= 4 is 11.6 Å². The van der Waals surface area contributed by atoms with Crippen LogP contribution in [-0.2, 0) is 11.3 Å². The fourth-order valence-corrected chi connectivity index (χ4v) is 1.51. The van der Waals surface area contributed by atoms with E-state index in [0.717, 1.165) is 22.9 Å². The Morgan fingerprint density at radius 2 is 2.00 bits per heavy atom. The highest BCUT2D eigenvalue weighted by Gasteiger charge is 2.38. The van der Waals surface area contributed by atoms with E-state index >= 15 is 0 Å². The molecule has 116 valence electrons. The van der Waals surface area contributed by atoms with E-state index in [1.165, 1.54) is 0 Å². The highest BCUT2D eigenvalue weighted by atomic mass is 19.4. The van der Waals surface area contributed by atoms with Crippen LogP contribution in [0.2, 0.25) is 0 Å². The number of aryl methyl sites for hydroxylation is 1. The number of nitrogens with one attached hydrogen (secondary N) is 1. The standard InChI is InChI=1S/C11H12F3N3O4/c12-11(13,14)10(19)15-5-1-2-6-16-7-8(17(20)21)3-4-9(16)18/h3-4,7H,1-2,5-6H2,(H,15,19).